The van der Waals surface area contributed by atoms with E-state index < -0.39 is 0 Å². The number of nitrogens with one attached hydrogen (secondary N) is 1. The number of hydrogen-bond donors (Lipinski definition) is 1. The standard InChI is InChI=1S/C13H23N/c1-2-4-11(5-3-1)6-13-7-12(8-13)9-14-10-13/h11-12,14H,1-10H2. The van der Waals surface area contributed by atoms with Gasteiger partial charge in [0.05, 0.1) is 0 Å². The van der Waals surface area contributed by atoms with Gasteiger partial charge in [-0.15, -0.1) is 0 Å². The first-order valence-electron chi connectivity index (χ1n) is 6.57. The van der Waals surface area contributed by atoms with Crippen LogP contribution in [-0.4, -0.2) is 13.1 Å². The third-order valence-electron chi connectivity index (χ3n) is 4.82. The Morgan fingerprint density at radius 3 is 2.50 bits per heavy atom. The predicted octanol–water partition coefficient (Wildman–Crippen LogP) is 2.96. The van der Waals surface area contributed by atoms with Gasteiger partial charge in [-0.1, -0.05) is 32.1 Å². The largest absolute Gasteiger partial charge is 0.316 e. The molecule has 0 aromatic heterocycles. The molecule has 0 amide bonds. The second kappa shape index (κ2) is 3.52. The molecular weight excluding hydrogens is 170 g/mol. The Labute approximate surface area is 87.7 Å². The Morgan fingerprint density at radius 1 is 1.07 bits per heavy atom. The molecule has 1 nitrogen and oxygen atoms in total. The molecule has 0 spiro atoms. The Hall–Kier alpha value is -0.0400. The average Bonchev–Trinajstić information content (AvgIpc) is 2.18. The highest BCUT2D eigenvalue weighted by atomic mass is 14.9. The van der Waals surface area contributed by atoms with Crippen LogP contribution in [0.25, 0.3) is 0 Å². The first-order valence-corrected chi connectivity index (χ1v) is 6.57. The molecule has 4 rings (SSSR count). The number of piperidine rings is 2. The second-order valence-electron chi connectivity index (χ2n) is 6.11. The Bertz CT molecular complexity index is 194. The topological polar surface area (TPSA) is 12.0 Å². The van der Waals surface area contributed by atoms with E-state index in [0.29, 0.717) is 0 Å². The van der Waals surface area contributed by atoms with Crippen LogP contribution in [0.5, 0.6) is 0 Å². The van der Waals surface area contributed by atoms with Crippen molar-refractivity contribution in [2.75, 3.05) is 13.1 Å². The summed E-state index contributed by atoms with van der Waals surface area (Å²) in [6, 6.07) is 0. The van der Waals surface area contributed by atoms with Crippen LogP contribution in [0.15, 0.2) is 0 Å². The summed E-state index contributed by atoms with van der Waals surface area (Å²) in [5, 5.41) is 3.61. The molecule has 4 fully saturated rings. The van der Waals surface area contributed by atoms with Crippen LogP contribution >= 0.6 is 0 Å². The van der Waals surface area contributed by atoms with E-state index >= 15 is 0 Å². The van der Waals surface area contributed by atoms with Crippen LogP contribution in [0.3, 0.4) is 0 Å². The van der Waals surface area contributed by atoms with Gasteiger partial charge >= 0.3 is 0 Å². The first-order chi connectivity index (χ1) is 6.86. The zero-order valence-electron chi connectivity index (χ0n) is 9.23. The van der Waals surface area contributed by atoms with Gasteiger partial charge in [-0.3, -0.25) is 0 Å². The van der Waals surface area contributed by atoms with Gasteiger partial charge in [-0.25, -0.2) is 0 Å². The summed E-state index contributed by atoms with van der Waals surface area (Å²) in [5.74, 6) is 2.14. The van der Waals surface area contributed by atoms with Gasteiger partial charge in [-0.2, -0.15) is 0 Å². The van der Waals surface area contributed by atoms with Crippen molar-refractivity contribution in [3.8, 4) is 0 Å². The molecule has 0 atom stereocenters. The molecule has 2 aliphatic carbocycles. The highest BCUT2D eigenvalue weighted by Gasteiger charge is 2.47. The minimum atomic E-state index is 0.769. The average molecular weight is 193 g/mol. The zero-order chi connectivity index (χ0) is 9.43. The maximum atomic E-state index is 3.61. The van der Waals surface area contributed by atoms with Crippen molar-refractivity contribution in [2.45, 2.75) is 51.4 Å². The van der Waals surface area contributed by atoms with E-state index in [1.54, 1.807) is 19.3 Å². The van der Waals surface area contributed by atoms with E-state index in [1.165, 1.54) is 45.2 Å². The summed E-state index contributed by atoms with van der Waals surface area (Å²) >= 11 is 0. The first kappa shape index (κ1) is 9.21. The molecule has 0 unspecified atom stereocenters. The van der Waals surface area contributed by atoms with E-state index in [-0.39, 0.29) is 0 Å². The predicted molar refractivity (Wildman–Crippen MR) is 59.2 cm³/mol. The Balaban J connectivity index is 1.55. The highest BCUT2D eigenvalue weighted by molar-refractivity contribution is 5.01. The lowest BCUT2D eigenvalue weighted by molar-refractivity contribution is -0.0126. The third-order valence-corrected chi connectivity index (χ3v) is 4.82. The van der Waals surface area contributed by atoms with Crippen molar-refractivity contribution in [3.05, 3.63) is 0 Å². The van der Waals surface area contributed by atoms with Crippen molar-refractivity contribution in [1.29, 1.82) is 0 Å². The second-order valence-corrected chi connectivity index (χ2v) is 6.11. The van der Waals surface area contributed by atoms with Crippen molar-refractivity contribution < 1.29 is 0 Å². The van der Waals surface area contributed by atoms with E-state index in [4.69, 9.17) is 0 Å². The lowest BCUT2D eigenvalue weighted by Crippen LogP contribution is -2.55. The van der Waals surface area contributed by atoms with Gasteiger partial charge in [0.25, 0.3) is 0 Å². The maximum Gasteiger partial charge on any atom is 0.000825 e. The Kier molecular flexibility index (Phi) is 2.31. The van der Waals surface area contributed by atoms with Crippen LogP contribution in [0.2, 0.25) is 0 Å². The maximum absolute atomic E-state index is 3.61. The summed E-state index contributed by atoms with van der Waals surface area (Å²) in [6.45, 7) is 2.65. The molecule has 14 heavy (non-hydrogen) atoms. The van der Waals surface area contributed by atoms with E-state index in [2.05, 4.69) is 5.32 Å². The van der Waals surface area contributed by atoms with Gasteiger partial charge in [-0.05, 0) is 43.1 Å². The molecule has 2 saturated heterocycles. The molecule has 2 heterocycles. The number of hydrogen-bond acceptors (Lipinski definition) is 1. The summed E-state index contributed by atoms with van der Waals surface area (Å²) in [5.41, 5.74) is 0.769. The van der Waals surface area contributed by atoms with Gasteiger partial charge in [0.2, 0.25) is 0 Å². The van der Waals surface area contributed by atoms with Crippen LogP contribution in [0.1, 0.15) is 51.4 Å². The lowest BCUT2D eigenvalue weighted by Gasteiger charge is -2.54. The molecule has 80 valence electrons. The molecule has 1 heteroatoms. The van der Waals surface area contributed by atoms with Crippen LogP contribution in [-0.2, 0) is 0 Å². The minimum absolute atomic E-state index is 0.769. The Morgan fingerprint density at radius 2 is 1.86 bits per heavy atom. The van der Waals surface area contributed by atoms with Gasteiger partial charge in [0, 0.05) is 6.54 Å². The fourth-order valence-electron chi connectivity index (χ4n) is 4.24. The highest BCUT2D eigenvalue weighted by Crippen LogP contribution is 2.52. The molecule has 0 aromatic carbocycles. The smallest absolute Gasteiger partial charge is 0.000825 e. The summed E-state index contributed by atoms with van der Waals surface area (Å²) < 4.78 is 0. The van der Waals surface area contributed by atoms with Gasteiger partial charge < -0.3 is 5.32 Å². The normalized spacial score (nSPS) is 43.3. The fourth-order valence-corrected chi connectivity index (χ4v) is 4.24. The van der Waals surface area contributed by atoms with E-state index in [9.17, 15) is 0 Å². The summed E-state index contributed by atoms with van der Waals surface area (Å²) in [4.78, 5) is 0. The van der Waals surface area contributed by atoms with Crippen molar-refractivity contribution in [1.82, 2.24) is 5.32 Å². The SMILES string of the molecule is C1CCC(CC23CNCC(C2)C3)CC1. The fraction of sp³-hybridized carbons (Fsp3) is 1.00. The van der Waals surface area contributed by atoms with Crippen LogP contribution in [0.4, 0.5) is 0 Å². The van der Waals surface area contributed by atoms with Crippen molar-refractivity contribution in [3.63, 3.8) is 0 Å². The zero-order valence-corrected chi connectivity index (χ0v) is 9.23. The van der Waals surface area contributed by atoms with Crippen molar-refractivity contribution in [2.24, 2.45) is 17.3 Å². The number of fused-ring (bicyclic) bond motifs is 2. The molecule has 2 aliphatic heterocycles. The van der Waals surface area contributed by atoms with E-state index in [0.717, 1.165) is 17.3 Å². The van der Waals surface area contributed by atoms with E-state index in [1.807, 2.05) is 0 Å². The molecule has 4 aliphatic rings. The monoisotopic (exact) mass is 193 g/mol. The van der Waals surface area contributed by atoms with Crippen LogP contribution in [0, 0.1) is 17.3 Å². The van der Waals surface area contributed by atoms with Crippen molar-refractivity contribution >= 4 is 0 Å². The quantitative estimate of drug-likeness (QED) is 0.711. The third kappa shape index (κ3) is 1.60. The molecule has 2 bridgehead atoms. The molecule has 0 aromatic rings. The molecular formula is C13H23N. The lowest BCUT2D eigenvalue weighted by atomic mass is 9.55. The van der Waals surface area contributed by atoms with Crippen LogP contribution < -0.4 is 5.32 Å². The minimum Gasteiger partial charge on any atom is -0.316 e. The molecule has 2 saturated carbocycles. The molecule has 1 N–H and O–H groups in total. The van der Waals surface area contributed by atoms with Gasteiger partial charge in [0.1, 0.15) is 0 Å². The summed E-state index contributed by atoms with van der Waals surface area (Å²) in [6.07, 6.45) is 12.3. The number of rotatable bonds is 2. The van der Waals surface area contributed by atoms with Gasteiger partial charge in [0.15, 0.2) is 0 Å². The molecule has 0 radical (unpaired) electrons. The summed E-state index contributed by atoms with van der Waals surface area (Å²) in [7, 11) is 0.